The monoisotopic (exact) mass is 373 g/mol. The molecular formula is C19H23N3O3S. The SMILES string of the molecule is COc1cccc(Oc2ccc(CNC(=O)CC3CSCCN3)cn2)c1. The molecule has 0 radical (unpaired) electrons. The maximum atomic E-state index is 12.0. The standard InChI is InChI=1S/C19H23N3O3S/c1-24-16-3-2-4-17(10-16)25-19-6-5-14(12-22-19)11-21-18(23)9-15-13-26-8-7-20-15/h2-6,10,12,15,20H,7-9,11,13H2,1H3,(H,21,23). The van der Waals surface area contributed by atoms with Gasteiger partial charge in [0.1, 0.15) is 11.5 Å². The molecule has 2 aromatic rings. The topological polar surface area (TPSA) is 72.5 Å². The van der Waals surface area contributed by atoms with Gasteiger partial charge in [0.05, 0.1) is 7.11 Å². The first kappa shape index (κ1) is 18.5. The van der Waals surface area contributed by atoms with Gasteiger partial charge in [-0.1, -0.05) is 12.1 Å². The lowest BCUT2D eigenvalue weighted by molar-refractivity contribution is -0.121. The molecule has 1 aliphatic rings. The summed E-state index contributed by atoms with van der Waals surface area (Å²) >= 11 is 1.89. The van der Waals surface area contributed by atoms with E-state index in [1.807, 2.05) is 36.0 Å². The summed E-state index contributed by atoms with van der Waals surface area (Å²) in [4.78, 5) is 16.3. The number of hydrogen-bond acceptors (Lipinski definition) is 6. The second-order valence-corrected chi connectivity index (χ2v) is 7.14. The summed E-state index contributed by atoms with van der Waals surface area (Å²) in [6.45, 7) is 1.44. The molecule has 0 spiro atoms. The summed E-state index contributed by atoms with van der Waals surface area (Å²) in [5.41, 5.74) is 0.933. The van der Waals surface area contributed by atoms with Crippen molar-refractivity contribution in [2.45, 2.75) is 19.0 Å². The van der Waals surface area contributed by atoms with Gasteiger partial charge in [-0.2, -0.15) is 11.8 Å². The molecule has 1 fully saturated rings. The smallest absolute Gasteiger partial charge is 0.221 e. The van der Waals surface area contributed by atoms with Gasteiger partial charge in [-0.3, -0.25) is 4.79 Å². The number of benzene rings is 1. The predicted octanol–water partition coefficient (Wildman–Crippen LogP) is 2.59. The van der Waals surface area contributed by atoms with Crippen molar-refractivity contribution in [3.8, 4) is 17.4 Å². The van der Waals surface area contributed by atoms with E-state index in [1.54, 1.807) is 25.4 Å². The number of pyridine rings is 1. The molecule has 138 valence electrons. The highest BCUT2D eigenvalue weighted by molar-refractivity contribution is 7.99. The fourth-order valence-corrected chi connectivity index (χ4v) is 3.56. The first-order valence-corrected chi connectivity index (χ1v) is 9.73. The summed E-state index contributed by atoms with van der Waals surface area (Å²) in [6, 6.07) is 11.3. The van der Waals surface area contributed by atoms with Gasteiger partial charge in [-0.05, 0) is 17.7 Å². The van der Waals surface area contributed by atoms with Crippen molar-refractivity contribution in [2.75, 3.05) is 25.2 Å². The zero-order valence-electron chi connectivity index (χ0n) is 14.7. The van der Waals surface area contributed by atoms with E-state index in [9.17, 15) is 4.79 Å². The number of carbonyl (C=O) groups is 1. The van der Waals surface area contributed by atoms with Crippen LogP contribution >= 0.6 is 11.8 Å². The van der Waals surface area contributed by atoms with E-state index in [-0.39, 0.29) is 11.9 Å². The molecule has 1 unspecified atom stereocenters. The molecule has 1 saturated heterocycles. The van der Waals surface area contributed by atoms with Gasteiger partial charge in [0.2, 0.25) is 11.8 Å². The van der Waals surface area contributed by atoms with Gasteiger partial charge in [-0.25, -0.2) is 4.98 Å². The molecular weight excluding hydrogens is 350 g/mol. The Morgan fingerprint density at radius 1 is 1.35 bits per heavy atom. The third-order valence-electron chi connectivity index (χ3n) is 3.98. The van der Waals surface area contributed by atoms with Crippen LogP contribution in [-0.4, -0.2) is 42.1 Å². The average Bonchev–Trinajstić information content (AvgIpc) is 2.68. The fraction of sp³-hybridized carbons (Fsp3) is 0.368. The molecule has 1 amide bonds. The number of carbonyl (C=O) groups excluding carboxylic acids is 1. The number of hydrogen-bond donors (Lipinski definition) is 2. The van der Waals surface area contributed by atoms with Crippen LogP contribution in [-0.2, 0) is 11.3 Å². The Balaban J connectivity index is 1.47. The molecule has 1 aromatic carbocycles. The molecule has 2 N–H and O–H groups in total. The Hall–Kier alpha value is -2.25. The zero-order valence-corrected chi connectivity index (χ0v) is 15.6. The maximum Gasteiger partial charge on any atom is 0.221 e. The zero-order chi connectivity index (χ0) is 18.2. The van der Waals surface area contributed by atoms with Crippen molar-refractivity contribution >= 4 is 17.7 Å². The van der Waals surface area contributed by atoms with Crippen LogP contribution in [0.3, 0.4) is 0 Å². The van der Waals surface area contributed by atoms with E-state index in [1.165, 1.54) is 0 Å². The largest absolute Gasteiger partial charge is 0.497 e. The van der Waals surface area contributed by atoms with E-state index in [2.05, 4.69) is 15.6 Å². The van der Waals surface area contributed by atoms with Crippen LogP contribution in [0.15, 0.2) is 42.6 Å². The molecule has 3 rings (SSSR count). The van der Waals surface area contributed by atoms with E-state index in [0.29, 0.717) is 24.6 Å². The lowest BCUT2D eigenvalue weighted by Gasteiger charge is -2.22. The molecule has 2 heterocycles. The van der Waals surface area contributed by atoms with Gasteiger partial charge in [0, 0.05) is 55.4 Å². The van der Waals surface area contributed by atoms with Crippen molar-refractivity contribution < 1.29 is 14.3 Å². The van der Waals surface area contributed by atoms with Crippen LogP contribution in [0.4, 0.5) is 0 Å². The van der Waals surface area contributed by atoms with Gasteiger partial charge in [-0.15, -0.1) is 0 Å². The lowest BCUT2D eigenvalue weighted by Crippen LogP contribution is -2.41. The van der Waals surface area contributed by atoms with Crippen molar-refractivity contribution in [1.82, 2.24) is 15.6 Å². The first-order chi connectivity index (χ1) is 12.7. The summed E-state index contributed by atoms with van der Waals surface area (Å²) in [7, 11) is 1.61. The van der Waals surface area contributed by atoms with E-state index >= 15 is 0 Å². The molecule has 26 heavy (non-hydrogen) atoms. The number of amides is 1. The second kappa shape index (κ2) is 9.45. The highest BCUT2D eigenvalue weighted by Gasteiger charge is 2.16. The quantitative estimate of drug-likeness (QED) is 0.777. The van der Waals surface area contributed by atoms with E-state index in [4.69, 9.17) is 9.47 Å². The van der Waals surface area contributed by atoms with Crippen molar-refractivity contribution in [3.63, 3.8) is 0 Å². The third kappa shape index (κ3) is 5.64. The Labute approximate surface area is 157 Å². The van der Waals surface area contributed by atoms with Gasteiger partial charge >= 0.3 is 0 Å². The minimum absolute atomic E-state index is 0.0571. The number of thioether (sulfide) groups is 1. The van der Waals surface area contributed by atoms with Gasteiger partial charge < -0.3 is 20.1 Å². The Morgan fingerprint density at radius 2 is 2.23 bits per heavy atom. The predicted molar refractivity (Wildman–Crippen MR) is 103 cm³/mol. The van der Waals surface area contributed by atoms with Crippen LogP contribution < -0.4 is 20.1 Å². The summed E-state index contributed by atoms with van der Waals surface area (Å²) in [5, 5.41) is 6.31. The Bertz CT molecular complexity index is 718. The van der Waals surface area contributed by atoms with E-state index in [0.717, 1.165) is 29.4 Å². The molecule has 1 atom stereocenters. The normalized spacial score (nSPS) is 16.7. The number of rotatable bonds is 7. The molecule has 6 nitrogen and oxygen atoms in total. The van der Waals surface area contributed by atoms with Crippen LogP contribution in [0.25, 0.3) is 0 Å². The van der Waals surface area contributed by atoms with Gasteiger partial charge in [0.25, 0.3) is 0 Å². The summed E-state index contributed by atoms with van der Waals surface area (Å²) in [5.74, 6) is 4.06. The number of methoxy groups -OCH3 is 1. The first-order valence-electron chi connectivity index (χ1n) is 8.57. The average molecular weight is 373 g/mol. The van der Waals surface area contributed by atoms with Crippen LogP contribution in [0.2, 0.25) is 0 Å². The highest BCUT2D eigenvalue weighted by Crippen LogP contribution is 2.23. The third-order valence-corrected chi connectivity index (χ3v) is 5.11. The second-order valence-electron chi connectivity index (χ2n) is 5.99. The number of nitrogens with one attached hydrogen (secondary N) is 2. The molecule has 7 heteroatoms. The van der Waals surface area contributed by atoms with Crippen molar-refractivity contribution in [3.05, 3.63) is 48.2 Å². The molecule has 1 aromatic heterocycles. The maximum absolute atomic E-state index is 12.0. The van der Waals surface area contributed by atoms with Crippen LogP contribution in [0, 0.1) is 0 Å². The molecule has 1 aliphatic heterocycles. The summed E-state index contributed by atoms with van der Waals surface area (Å²) in [6.07, 6.45) is 2.22. The van der Waals surface area contributed by atoms with Crippen LogP contribution in [0.5, 0.6) is 17.4 Å². The molecule has 0 bridgehead atoms. The van der Waals surface area contributed by atoms with Crippen LogP contribution in [0.1, 0.15) is 12.0 Å². The van der Waals surface area contributed by atoms with Crippen molar-refractivity contribution in [1.29, 1.82) is 0 Å². The number of nitrogens with zero attached hydrogens (tertiary/aromatic N) is 1. The molecule has 0 saturated carbocycles. The number of ether oxygens (including phenoxy) is 2. The lowest BCUT2D eigenvalue weighted by atomic mass is 10.2. The Kier molecular flexibility index (Phi) is 6.74. The minimum atomic E-state index is 0.0571. The summed E-state index contributed by atoms with van der Waals surface area (Å²) < 4.78 is 10.9. The van der Waals surface area contributed by atoms with Crippen molar-refractivity contribution in [2.24, 2.45) is 0 Å². The van der Waals surface area contributed by atoms with Gasteiger partial charge in [0.15, 0.2) is 0 Å². The minimum Gasteiger partial charge on any atom is -0.497 e. The van der Waals surface area contributed by atoms with E-state index < -0.39 is 0 Å². The Morgan fingerprint density at radius 3 is 2.96 bits per heavy atom. The number of aromatic nitrogens is 1. The molecule has 0 aliphatic carbocycles. The highest BCUT2D eigenvalue weighted by atomic mass is 32.2. The fourth-order valence-electron chi connectivity index (χ4n) is 2.61.